The number of esters is 1. The number of anilines is 1. The average Bonchev–Trinajstić information content (AvgIpc) is 3.12. The van der Waals surface area contributed by atoms with E-state index in [1.807, 2.05) is 30.3 Å². The molecule has 0 aliphatic heterocycles. The van der Waals surface area contributed by atoms with Gasteiger partial charge in [-0.3, -0.25) is 4.79 Å². The van der Waals surface area contributed by atoms with Crippen molar-refractivity contribution in [2.75, 3.05) is 11.9 Å². The molecule has 1 N–H and O–H groups in total. The molecular formula is C21H16BrNO5. The van der Waals surface area contributed by atoms with Gasteiger partial charge in [0.05, 0.1) is 5.69 Å². The summed E-state index contributed by atoms with van der Waals surface area (Å²) in [5.41, 5.74) is 0.475. The van der Waals surface area contributed by atoms with Crippen molar-refractivity contribution in [2.24, 2.45) is 0 Å². The van der Waals surface area contributed by atoms with Gasteiger partial charge in [-0.2, -0.15) is 0 Å². The Morgan fingerprint density at radius 2 is 1.75 bits per heavy atom. The molecule has 0 saturated heterocycles. The minimum Gasteiger partial charge on any atom is -0.455 e. The van der Waals surface area contributed by atoms with Gasteiger partial charge in [-0.1, -0.05) is 30.3 Å². The quantitative estimate of drug-likeness (QED) is 0.410. The molecule has 142 valence electrons. The molecule has 0 unspecified atom stereocenters. The molecule has 0 fully saturated rings. The maximum atomic E-state index is 12.1. The number of benzene rings is 2. The van der Waals surface area contributed by atoms with Crippen LogP contribution in [0.15, 0.2) is 81.9 Å². The van der Waals surface area contributed by atoms with E-state index in [-0.39, 0.29) is 0 Å². The largest absolute Gasteiger partial charge is 0.455 e. The molecule has 0 atom stereocenters. The van der Waals surface area contributed by atoms with Crippen molar-refractivity contribution in [1.82, 2.24) is 0 Å². The molecule has 0 saturated carbocycles. The van der Waals surface area contributed by atoms with Crippen molar-refractivity contribution < 1.29 is 23.5 Å². The van der Waals surface area contributed by atoms with Gasteiger partial charge in [-0.05, 0) is 58.4 Å². The van der Waals surface area contributed by atoms with E-state index < -0.39 is 18.5 Å². The molecule has 1 heterocycles. The second-order valence-electron chi connectivity index (χ2n) is 5.54. The Morgan fingerprint density at radius 1 is 1.00 bits per heavy atom. The fraction of sp³-hybridized carbons (Fsp3) is 0.0476. The fourth-order valence-electron chi connectivity index (χ4n) is 2.21. The van der Waals surface area contributed by atoms with Crippen LogP contribution in [0.2, 0.25) is 0 Å². The van der Waals surface area contributed by atoms with Gasteiger partial charge in [-0.15, -0.1) is 0 Å². The van der Waals surface area contributed by atoms with Gasteiger partial charge in [0.1, 0.15) is 11.5 Å². The first-order chi connectivity index (χ1) is 13.6. The van der Waals surface area contributed by atoms with Crippen LogP contribution in [0.5, 0.6) is 11.5 Å². The standard InChI is InChI=1S/C21H16BrNO5/c22-19-12-10-16(28-19)11-13-21(25)26-14-20(24)23-17-8-4-5-9-18(17)27-15-6-2-1-3-7-15/h1-13H,14H2,(H,23,24)/b13-11+. The van der Waals surface area contributed by atoms with Crippen molar-refractivity contribution in [1.29, 1.82) is 0 Å². The van der Waals surface area contributed by atoms with Crippen molar-refractivity contribution in [3.8, 4) is 11.5 Å². The number of carbonyl (C=O) groups is 2. The first kappa shape index (κ1) is 19.4. The Balaban J connectivity index is 1.53. The third-order valence-corrected chi connectivity index (χ3v) is 3.88. The average molecular weight is 442 g/mol. The van der Waals surface area contributed by atoms with E-state index >= 15 is 0 Å². The maximum absolute atomic E-state index is 12.1. The van der Waals surface area contributed by atoms with Crippen molar-refractivity contribution in [3.63, 3.8) is 0 Å². The van der Waals surface area contributed by atoms with Gasteiger partial charge in [0.2, 0.25) is 0 Å². The van der Waals surface area contributed by atoms with Gasteiger partial charge in [0, 0.05) is 6.08 Å². The smallest absolute Gasteiger partial charge is 0.331 e. The number of hydrogen-bond donors (Lipinski definition) is 1. The molecule has 0 aliphatic carbocycles. The fourth-order valence-corrected chi connectivity index (χ4v) is 2.53. The predicted molar refractivity (Wildman–Crippen MR) is 108 cm³/mol. The molecule has 7 heteroatoms. The highest BCUT2D eigenvalue weighted by molar-refractivity contribution is 9.10. The van der Waals surface area contributed by atoms with Gasteiger partial charge < -0.3 is 19.2 Å². The van der Waals surface area contributed by atoms with Crippen LogP contribution in [0.25, 0.3) is 6.08 Å². The Kier molecular flexibility index (Phi) is 6.64. The molecule has 3 aromatic rings. The Hall–Kier alpha value is -3.32. The van der Waals surface area contributed by atoms with Gasteiger partial charge in [0.25, 0.3) is 5.91 Å². The lowest BCUT2D eigenvalue weighted by Crippen LogP contribution is -2.20. The Bertz CT molecular complexity index is 981. The van der Waals surface area contributed by atoms with Crippen molar-refractivity contribution in [3.05, 3.63) is 83.2 Å². The number of ether oxygens (including phenoxy) is 2. The Morgan fingerprint density at radius 3 is 2.50 bits per heavy atom. The SMILES string of the molecule is O=C(COC(=O)/C=C/c1ccc(Br)o1)Nc1ccccc1Oc1ccccc1. The van der Waals surface area contributed by atoms with E-state index in [0.29, 0.717) is 27.6 Å². The van der Waals surface area contributed by atoms with E-state index in [9.17, 15) is 9.59 Å². The summed E-state index contributed by atoms with van der Waals surface area (Å²) in [7, 11) is 0. The van der Waals surface area contributed by atoms with Crippen LogP contribution in [0.1, 0.15) is 5.76 Å². The van der Waals surface area contributed by atoms with Gasteiger partial charge >= 0.3 is 5.97 Å². The number of rotatable bonds is 7. The van der Waals surface area contributed by atoms with Crippen LogP contribution in [0, 0.1) is 0 Å². The summed E-state index contributed by atoms with van der Waals surface area (Å²) < 4.78 is 16.5. The molecule has 1 aromatic heterocycles. The molecule has 28 heavy (non-hydrogen) atoms. The number of carbonyl (C=O) groups excluding carboxylic acids is 2. The molecule has 2 aromatic carbocycles. The predicted octanol–water partition coefficient (Wildman–Crippen LogP) is 5.03. The molecule has 1 amide bonds. The van der Waals surface area contributed by atoms with Crippen molar-refractivity contribution >= 4 is 39.6 Å². The van der Waals surface area contributed by atoms with Crippen LogP contribution < -0.4 is 10.1 Å². The minimum absolute atomic E-state index is 0.426. The molecule has 6 nitrogen and oxygen atoms in total. The molecule has 0 aliphatic rings. The second-order valence-corrected chi connectivity index (χ2v) is 6.32. The summed E-state index contributed by atoms with van der Waals surface area (Å²) in [6.07, 6.45) is 2.64. The number of amides is 1. The van der Waals surface area contributed by atoms with E-state index in [4.69, 9.17) is 13.9 Å². The van der Waals surface area contributed by atoms with Gasteiger partial charge in [0.15, 0.2) is 17.0 Å². The molecule has 0 spiro atoms. The number of halogens is 1. The zero-order chi connectivity index (χ0) is 19.8. The third kappa shape index (κ3) is 5.85. The Labute approximate surface area is 169 Å². The second kappa shape index (κ2) is 9.57. The summed E-state index contributed by atoms with van der Waals surface area (Å²) in [5, 5.41) is 2.67. The van der Waals surface area contributed by atoms with E-state index in [1.54, 1.807) is 36.4 Å². The number of hydrogen-bond acceptors (Lipinski definition) is 5. The van der Waals surface area contributed by atoms with Crippen molar-refractivity contribution in [2.45, 2.75) is 0 Å². The lowest BCUT2D eigenvalue weighted by atomic mass is 10.3. The number of furan rings is 1. The highest BCUT2D eigenvalue weighted by atomic mass is 79.9. The number of nitrogens with one attached hydrogen (secondary N) is 1. The van der Waals surface area contributed by atoms with Gasteiger partial charge in [-0.25, -0.2) is 4.79 Å². The highest BCUT2D eigenvalue weighted by Gasteiger charge is 2.10. The number of para-hydroxylation sites is 3. The van der Waals surface area contributed by atoms with E-state index in [0.717, 1.165) is 0 Å². The molecule has 3 rings (SSSR count). The zero-order valence-electron chi connectivity index (χ0n) is 14.6. The molecule has 0 radical (unpaired) electrons. The summed E-state index contributed by atoms with van der Waals surface area (Å²) in [6.45, 7) is -0.426. The summed E-state index contributed by atoms with van der Waals surface area (Å²) in [5.74, 6) is 0.477. The van der Waals surface area contributed by atoms with Crippen LogP contribution >= 0.6 is 15.9 Å². The van der Waals surface area contributed by atoms with Crippen LogP contribution in [0.4, 0.5) is 5.69 Å². The lowest BCUT2D eigenvalue weighted by Gasteiger charge is -2.12. The maximum Gasteiger partial charge on any atom is 0.331 e. The summed E-state index contributed by atoms with van der Waals surface area (Å²) in [4.78, 5) is 23.8. The van der Waals surface area contributed by atoms with Crippen LogP contribution in [-0.2, 0) is 14.3 Å². The normalized spacial score (nSPS) is 10.6. The zero-order valence-corrected chi connectivity index (χ0v) is 16.2. The monoisotopic (exact) mass is 441 g/mol. The minimum atomic E-state index is -0.656. The first-order valence-corrected chi connectivity index (χ1v) is 9.11. The van der Waals surface area contributed by atoms with Crippen LogP contribution in [0.3, 0.4) is 0 Å². The summed E-state index contributed by atoms with van der Waals surface area (Å²) in [6, 6.07) is 19.6. The first-order valence-electron chi connectivity index (χ1n) is 8.32. The topological polar surface area (TPSA) is 77.8 Å². The highest BCUT2D eigenvalue weighted by Crippen LogP contribution is 2.29. The molecule has 0 bridgehead atoms. The van der Waals surface area contributed by atoms with Crippen LogP contribution in [-0.4, -0.2) is 18.5 Å². The lowest BCUT2D eigenvalue weighted by molar-refractivity contribution is -0.142. The molecular weight excluding hydrogens is 426 g/mol. The van der Waals surface area contributed by atoms with E-state index in [2.05, 4.69) is 21.2 Å². The van der Waals surface area contributed by atoms with E-state index in [1.165, 1.54) is 12.2 Å². The summed E-state index contributed by atoms with van der Waals surface area (Å²) >= 11 is 3.17. The third-order valence-electron chi connectivity index (χ3n) is 3.46.